The second kappa shape index (κ2) is 4.97. The summed E-state index contributed by atoms with van der Waals surface area (Å²) < 4.78 is 2.21. The molecule has 2 heterocycles. The Kier molecular flexibility index (Phi) is 3.61. The Morgan fingerprint density at radius 3 is 3.00 bits per heavy atom. The molecular formula is C12H22N4. The van der Waals surface area contributed by atoms with E-state index in [1.165, 1.54) is 12.1 Å². The van der Waals surface area contributed by atoms with Gasteiger partial charge in [-0.1, -0.05) is 0 Å². The first-order valence-corrected chi connectivity index (χ1v) is 6.17. The van der Waals surface area contributed by atoms with Crippen molar-refractivity contribution in [2.45, 2.75) is 39.4 Å². The number of rotatable bonds is 4. The normalized spacial score (nSPS) is 26.4. The van der Waals surface area contributed by atoms with Crippen molar-refractivity contribution < 1.29 is 0 Å². The van der Waals surface area contributed by atoms with Crippen LogP contribution in [0.25, 0.3) is 0 Å². The van der Waals surface area contributed by atoms with Crippen molar-refractivity contribution in [2.24, 2.45) is 11.7 Å². The predicted octanol–water partition coefficient (Wildman–Crippen LogP) is 1.07. The largest absolute Gasteiger partial charge is 0.334 e. The zero-order valence-corrected chi connectivity index (χ0v) is 10.3. The molecular weight excluding hydrogens is 200 g/mol. The SMILES string of the molecule is CCn1cncc1CN1CC(CN)CC1C. The molecule has 4 nitrogen and oxygen atoms in total. The van der Waals surface area contributed by atoms with Crippen molar-refractivity contribution in [3.8, 4) is 0 Å². The quantitative estimate of drug-likeness (QED) is 0.829. The van der Waals surface area contributed by atoms with Crippen LogP contribution < -0.4 is 5.73 Å². The van der Waals surface area contributed by atoms with Crippen LogP contribution in [0.4, 0.5) is 0 Å². The van der Waals surface area contributed by atoms with Crippen molar-refractivity contribution in [2.75, 3.05) is 13.1 Å². The second-order valence-corrected chi connectivity index (χ2v) is 4.79. The minimum absolute atomic E-state index is 0.647. The smallest absolute Gasteiger partial charge is 0.0948 e. The van der Waals surface area contributed by atoms with Gasteiger partial charge in [-0.2, -0.15) is 0 Å². The zero-order valence-electron chi connectivity index (χ0n) is 10.3. The average Bonchev–Trinajstić information content (AvgIpc) is 2.86. The summed E-state index contributed by atoms with van der Waals surface area (Å²) in [6.45, 7) is 8.40. The van der Waals surface area contributed by atoms with E-state index >= 15 is 0 Å². The van der Waals surface area contributed by atoms with E-state index in [0.717, 1.165) is 26.2 Å². The molecule has 1 aliphatic heterocycles. The summed E-state index contributed by atoms with van der Waals surface area (Å²) in [6.07, 6.45) is 5.12. The average molecular weight is 222 g/mol. The van der Waals surface area contributed by atoms with Crippen LogP contribution in [0, 0.1) is 5.92 Å². The van der Waals surface area contributed by atoms with Crippen LogP contribution in [0.5, 0.6) is 0 Å². The van der Waals surface area contributed by atoms with Gasteiger partial charge in [0, 0.05) is 31.9 Å². The number of hydrogen-bond donors (Lipinski definition) is 1. The van der Waals surface area contributed by atoms with Gasteiger partial charge in [0.15, 0.2) is 0 Å². The molecule has 90 valence electrons. The lowest BCUT2D eigenvalue weighted by molar-refractivity contribution is 0.249. The fourth-order valence-corrected chi connectivity index (χ4v) is 2.58. The van der Waals surface area contributed by atoms with Crippen molar-refractivity contribution in [3.05, 3.63) is 18.2 Å². The first-order valence-electron chi connectivity index (χ1n) is 6.17. The highest BCUT2D eigenvalue weighted by molar-refractivity contribution is 5.00. The number of aromatic nitrogens is 2. The van der Waals surface area contributed by atoms with Gasteiger partial charge in [0.1, 0.15) is 0 Å². The molecule has 2 rings (SSSR count). The van der Waals surface area contributed by atoms with E-state index in [0.29, 0.717) is 12.0 Å². The molecule has 1 aromatic rings. The number of imidazole rings is 1. The predicted molar refractivity (Wildman–Crippen MR) is 64.9 cm³/mol. The molecule has 0 saturated carbocycles. The Balaban J connectivity index is 2.00. The van der Waals surface area contributed by atoms with Crippen molar-refractivity contribution in [1.82, 2.24) is 14.5 Å². The van der Waals surface area contributed by atoms with E-state index in [2.05, 4.69) is 28.3 Å². The molecule has 1 saturated heterocycles. The first kappa shape index (κ1) is 11.6. The monoisotopic (exact) mass is 222 g/mol. The van der Waals surface area contributed by atoms with E-state index in [-0.39, 0.29) is 0 Å². The van der Waals surface area contributed by atoms with Gasteiger partial charge in [-0.15, -0.1) is 0 Å². The first-order chi connectivity index (χ1) is 7.74. The van der Waals surface area contributed by atoms with Gasteiger partial charge in [0.05, 0.1) is 12.0 Å². The Hall–Kier alpha value is -0.870. The topological polar surface area (TPSA) is 47.1 Å². The molecule has 2 atom stereocenters. The Bertz CT molecular complexity index is 334. The van der Waals surface area contributed by atoms with Crippen molar-refractivity contribution >= 4 is 0 Å². The number of aryl methyl sites for hydroxylation is 1. The Labute approximate surface area is 97.4 Å². The van der Waals surface area contributed by atoms with Gasteiger partial charge in [-0.25, -0.2) is 4.98 Å². The Morgan fingerprint density at radius 2 is 2.38 bits per heavy atom. The van der Waals surface area contributed by atoms with E-state index in [1.807, 2.05) is 12.5 Å². The Morgan fingerprint density at radius 1 is 1.56 bits per heavy atom. The van der Waals surface area contributed by atoms with Crippen LogP contribution in [0.1, 0.15) is 26.0 Å². The molecule has 16 heavy (non-hydrogen) atoms. The van der Waals surface area contributed by atoms with Crippen molar-refractivity contribution in [3.63, 3.8) is 0 Å². The molecule has 1 fully saturated rings. The van der Waals surface area contributed by atoms with Gasteiger partial charge in [-0.05, 0) is 32.7 Å². The maximum absolute atomic E-state index is 5.74. The van der Waals surface area contributed by atoms with Gasteiger partial charge >= 0.3 is 0 Å². The summed E-state index contributed by atoms with van der Waals surface area (Å²) in [6, 6.07) is 0.647. The highest BCUT2D eigenvalue weighted by Crippen LogP contribution is 2.23. The second-order valence-electron chi connectivity index (χ2n) is 4.79. The maximum atomic E-state index is 5.74. The molecule has 2 N–H and O–H groups in total. The van der Waals surface area contributed by atoms with Crippen molar-refractivity contribution in [1.29, 1.82) is 0 Å². The number of likely N-dealkylation sites (tertiary alicyclic amines) is 1. The van der Waals surface area contributed by atoms with Gasteiger partial charge in [-0.3, -0.25) is 4.90 Å². The summed E-state index contributed by atoms with van der Waals surface area (Å²) in [5.41, 5.74) is 7.06. The summed E-state index contributed by atoms with van der Waals surface area (Å²) >= 11 is 0. The molecule has 0 amide bonds. The highest BCUT2D eigenvalue weighted by Gasteiger charge is 2.28. The third kappa shape index (κ3) is 2.28. The van der Waals surface area contributed by atoms with Crippen LogP contribution >= 0.6 is 0 Å². The lowest BCUT2D eigenvalue weighted by Gasteiger charge is -2.21. The maximum Gasteiger partial charge on any atom is 0.0948 e. The standard InChI is InChI=1S/C12H22N4/c1-3-15-9-14-6-12(15)8-16-7-11(5-13)4-10(16)2/h6,9-11H,3-5,7-8,13H2,1-2H3. The van der Waals surface area contributed by atoms with Gasteiger partial charge in [0.2, 0.25) is 0 Å². The molecule has 0 bridgehead atoms. The van der Waals surface area contributed by atoms with Gasteiger partial charge in [0.25, 0.3) is 0 Å². The van der Waals surface area contributed by atoms with Crippen LogP contribution in [0.2, 0.25) is 0 Å². The summed E-state index contributed by atoms with van der Waals surface area (Å²) in [7, 11) is 0. The van der Waals surface area contributed by atoms with E-state index < -0.39 is 0 Å². The summed E-state index contributed by atoms with van der Waals surface area (Å²) in [4.78, 5) is 6.73. The van der Waals surface area contributed by atoms with Gasteiger partial charge < -0.3 is 10.3 Å². The van der Waals surface area contributed by atoms with Crippen LogP contribution in [0.3, 0.4) is 0 Å². The third-order valence-corrected chi connectivity index (χ3v) is 3.63. The van der Waals surface area contributed by atoms with Crippen LogP contribution in [-0.4, -0.2) is 33.6 Å². The third-order valence-electron chi connectivity index (χ3n) is 3.63. The molecule has 2 unspecified atom stereocenters. The molecule has 0 spiro atoms. The molecule has 1 aliphatic rings. The van der Waals surface area contributed by atoms with E-state index in [1.54, 1.807) is 0 Å². The number of nitrogens with zero attached hydrogens (tertiary/aromatic N) is 3. The molecule has 0 aromatic carbocycles. The lowest BCUT2D eigenvalue weighted by atomic mass is 10.1. The molecule has 4 heteroatoms. The lowest BCUT2D eigenvalue weighted by Crippen LogP contribution is -2.28. The van der Waals surface area contributed by atoms with Crippen LogP contribution in [0.15, 0.2) is 12.5 Å². The zero-order chi connectivity index (χ0) is 11.5. The number of nitrogens with two attached hydrogens (primary N) is 1. The minimum Gasteiger partial charge on any atom is -0.334 e. The van der Waals surface area contributed by atoms with E-state index in [9.17, 15) is 0 Å². The summed E-state index contributed by atoms with van der Waals surface area (Å²) in [5, 5.41) is 0. The van der Waals surface area contributed by atoms with Crippen LogP contribution in [-0.2, 0) is 13.1 Å². The number of hydrogen-bond acceptors (Lipinski definition) is 3. The fourth-order valence-electron chi connectivity index (χ4n) is 2.58. The fraction of sp³-hybridized carbons (Fsp3) is 0.750. The van der Waals surface area contributed by atoms with E-state index in [4.69, 9.17) is 5.73 Å². The molecule has 0 radical (unpaired) electrons. The minimum atomic E-state index is 0.647. The molecule has 0 aliphatic carbocycles. The highest BCUT2D eigenvalue weighted by atomic mass is 15.2. The molecule has 1 aromatic heterocycles. The summed E-state index contributed by atoms with van der Waals surface area (Å²) in [5.74, 6) is 0.674.